The fraction of sp³-hybridized carbons (Fsp3) is 0.333. The van der Waals surface area contributed by atoms with Crippen molar-refractivity contribution in [1.82, 2.24) is 9.88 Å². The number of hydrogen-bond acceptors (Lipinski definition) is 3. The molecular weight excluding hydrogens is 188 g/mol. The van der Waals surface area contributed by atoms with E-state index in [1.165, 1.54) is 0 Å². The summed E-state index contributed by atoms with van der Waals surface area (Å²) in [6, 6.07) is 3.45. The highest BCUT2D eigenvalue weighted by molar-refractivity contribution is 5.98. The van der Waals surface area contributed by atoms with E-state index in [1.807, 2.05) is 31.1 Å². The Morgan fingerprint density at radius 2 is 2.20 bits per heavy atom. The minimum atomic E-state index is -0.281. The summed E-state index contributed by atoms with van der Waals surface area (Å²) in [5.41, 5.74) is 1.47. The van der Waals surface area contributed by atoms with Crippen LogP contribution in [0.2, 0.25) is 0 Å². The van der Waals surface area contributed by atoms with Crippen LogP contribution < -0.4 is 0 Å². The topological polar surface area (TPSA) is 33.2 Å². The predicted molar refractivity (Wildman–Crippen MR) is 60.5 cm³/mol. The number of rotatable bonds is 4. The van der Waals surface area contributed by atoms with Gasteiger partial charge in [-0.2, -0.15) is 0 Å². The van der Waals surface area contributed by atoms with Crippen molar-refractivity contribution in [3.63, 3.8) is 0 Å². The summed E-state index contributed by atoms with van der Waals surface area (Å²) in [6.07, 6.45) is 3.41. The van der Waals surface area contributed by atoms with E-state index in [9.17, 15) is 4.79 Å². The molecule has 0 aliphatic rings. The molecule has 0 saturated carbocycles. The van der Waals surface area contributed by atoms with E-state index >= 15 is 0 Å². The first kappa shape index (κ1) is 11.6. The van der Waals surface area contributed by atoms with Gasteiger partial charge in [-0.25, -0.2) is 0 Å². The zero-order valence-corrected chi connectivity index (χ0v) is 9.40. The average molecular weight is 204 g/mol. The molecular formula is C12H16N2O. The second-order valence-corrected chi connectivity index (χ2v) is 3.80. The highest BCUT2D eigenvalue weighted by Gasteiger charge is 2.22. The van der Waals surface area contributed by atoms with Crippen LogP contribution in [0, 0.1) is 0 Å². The molecule has 3 heteroatoms. The summed E-state index contributed by atoms with van der Waals surface area (Å²) in [6.45, 7) is 5.42. The number of ketones is 1. The Labute approximate surface area is 90.4 Å². The lowest BCUT2D eigenvalue weighted by molar-refractivity contribution is -0.119. The fourth-order valence-corrected chi connectivity index (χ4v) is 1.46. The highest BCUT2D eigenvalue weighted by atomic mass is 16.1. The number of pyridine rings is 1. The van der Waals surface area contributed by atoms with Crippen molar-refractivity contribution in [2.24, 2.45) is 0 Å². The molecule has 0 aliphatic heterocycles. The van der Waals surface area contributed by atoms with Crippen molar-refractivity contribution < 1.29 is 4.79 Å². The maximum Gasteiger partial charge on any atom is 0.179 e. The molecule has 15 heavy (non-hydrogen) atoms. The van der Waals surface area contributed by atoms with Crippen LogP contribution in [0.15, 0.2) is 36.7 Å². The minimum absolute atomic E-state index is 0.0352. The third-order valence-corrected chi connectivity index (χ3v) is 2.19. The maximum atomic E-state index is 11.9. The average Bonchev–Trinajstić information content (AvgIpc) is 2.18. The summed E-state index contributed by atoms with van der Waals surface area (Å²) in [5.74, 6) is 0.0352. The van der Waals surface area contributed by atoms with Crippen LogP contribution in [0.5, 0.6) is 0 Å². The third-order valence-electron chi connectivity index (χ3n) is 2.19. The van der Waals surface area contributed by atoms with Gasteiger partial charge in [-0.3, -0.25) is 14.7 Å². The van der Waals surface area contributed by atoms with E-state index in [1.54, 1.807) is 19.3 Å². The normalized spacial score (nSPS) is 12.5. The van der Waals surface area contributed by atoms with Crippen LogP contribution in [0.1, 0.15) is 18.5 Å². The summed E-state index contributed by atoms with van der Waals surface area (Å²) in [5, 5.41) is 0. The van der Waals surface area contributed by atoms with Crippen molar-refractivity contribution in [3.8, 4) is 0 Å². The molecule has 1 rings (SSSR count). The molecule has 3 nitrogen and oxygen atoms in total. The molecule has 1 unspecified atom stereocenters. The Balaban J connectivity index is 3.04. The van der Waals surface area contributed by atoms with E-state index in [0.717, 1.165) is 5.56 Å². The molecule has 0 radical (unpaired) electrons. The molecule has 80 valence electrons. The van der Waals surface area contributed by atoms with Crippen LogP contribution in [0.3, 0.4) is 0 Å². The second kappa shape index (κ2) is 4.84. The first-order chi connectivity index (χ1) is 7.04. The van der Waals surface area contributed by atoms with Gasteiger partial charge in [0.15, 0.2) is 5.78 Å². The van der Waals surface area contributed by atoms with E-state index in [0.29, 0.717) is 5.57 Å². The Morgan fingerprint density at radius 1 is 1.53 bits per heavy atom. The second-order valence-electron chi connectivity index (χ2n) is 3.80. The molecule has 0 aromatic carbocycles. The van der Waals surface area contributed by atoms with Crippen LogP contribution in [0.25, 0.3) is 0 Å². The number of carbonyl (C=O) groups excluding carboxylic acids is 1. The number of nitrogens with zero attached hydrogens (tertiary/aromatic N) is 2. The minimum Gasteiger partial charge on any atom is -0.296 e. The van der Waals surface area contributed by atoms with Crippen LogP contribution >= 0.6 is 0 Å². The molecule has 1 atom stereocenters. The Hall–Kier alpha value is -1.48. The lowest BCUT2D eigenvalue weighted by Gasteiger charge is -2.23. The number of likely N-dealkylation sites (N-methyl/N-ethyl adjacent to an activating group) is 1. The smallest absolute Gasteiger partial charge is 0.179 e. The summed E-state index contributed by atoms with van der Waals surface area (Å²) in [7, 11) is 3.75. The van der Waals surface area contributed by atoms with Crippen molar-refractivity contribution in [2.75, 3.05) is 14.1 Å². The van der Waals surface area contributed by atoms with Gasteiger partial charge in [-0.05, 0) is 38.2 Å². The van der Waals surface area contributed by atoms with Gasteiger partial charge in [0.05, 0.1) is 6.04 Å². The summed E-state index contributed by atoms with van der Waals surface area (Å²) < 4.78 is 0. The Kier molecular flexibility index (Phi) is 3.74. The fourth-order valence-electron chi connectivity index (χ4n) is 1.46. The molecule has 0 bridgehead atoms. The summed E-state index contributed by atoms with van der Waals surface area (Å²) in [4.78, 5) is 17.8. The molecule has 1 heterocycles. The van der Waals surface area contributed by atoms with Gasteiger partial charge in [0.25, 0.3) is 0 Å². The predicted octanol–water partition coefficient (Wildman–Crippen LogP) is 1.83. The van der Waals surface area contributed by atoms with Crippen molar-refractivity contribution >= 4 is 5.78 Å². The van der Waals surface area contributed by atoms with E-state index < -0.39 is 0 Å². The molecule has 1 aromatic rings. The highest BCUT2D eigenvalue weighted by Crippen LogP contribution is 2.20. The molecule has 0 saturated heterocycles. The van der Waals surface area contributed by atoms with E-state index in [4.69, 9.17) is 0 Å². The van der Waals surface area contributed by atoms with Gasteiger partial charge < -0.3 is 0 Å². The molecule has 0 aliphatic carbocycles. The Morgan fingerprint density at radius 3 is 2.60 bits per heavy atom. The van der Waals surface area contributed by atoms with Gasteiger partial charge in [0.2, 0.25) is 0 Å². The number of carbonyl (C=O) groups is 1. The lowest BCUT2D eigenvalue weighted by Crippen LogP contribution is -2.28. The first-order valence-electron chi connectivity index (χ1n) is 4.80. The van der Waals surface area contributed by atoms with Gasteiger partial charge in [0.1, 0.15) is 0 Å². The SMILES string of the molecule is C=C(C)C(=O)C(c1cccnc1)N(C)C. The Bertz CT molecular complexity index is 357. The zero-order chi connectivity index (χ0) is 11.4. The van der Waals surface area contributed by atoms with Crippen molar-refractivity contribution in [1.29, 1.82) is 0 Å². The van der Waals surface area contributed by atoms with Crippen LogP contribution in [-0.2, 0) is 4.79 Å². The van der Waals surface area contributed by atoms with Crippen LogP contribution in [-0.4, -0.2) is 29.8 Å². The number of hydrogen-bond donors (Lipinski definition) is 0. The summed E-state index contributed by atoms with van der Waals surface area (Å²) >= 11 is 0. The number of Topliss-reactive ketones (excluding diaryl/α,β-unsaturated/α-hetero) is 1. The molecule has 1 aromatic heterocycles. The van der Waals surface area contributed by atoms with Gasteiger partial charge in [0, 0.05) is 12.4 Å². The zero-order valence-electron chi connectivity index (χ0n) is 9.40. The van der Waals surface area contributed by atoms with Gasteiger partial charge in [-0.15, -0.1) is 0 Å². The van der Waals surface area contributed by atoms with Crippen LogP contribution in [0.4, 0.5) is 0 Å². The van der Waals surface area contributed by atoms with Crippen molar-refractivity contribution in [3.05, 3.63) is 42.2 Å². The largest absolute Gasteiger partial charge is 0.296 e. The standard InChI is InChI=1S/C12H16N2O/c1-9(2)12(15)11(14(3)4)10-6-5-7-13-8-10/h5-8,11H,1H2,2-4H3. The molecule has 0 fully saturated rings. The number of aromatic nitrogens is 1. The first-order valence-corrected chi connectivity index (χ1v) is 4.80. The van der Waals surface area contributed by atoms with Gasteiger partial charge >= 0.3 is 0 Å². The lowest BCUT2D eigenvalue weighted by atomic mass is 9.99. The quantitative estimate of drug-likeness (QED) is 0.701. The molecule has 0 N–H and O–H groups in total. The molecule has 0 spiro atoms. The van der Waals surface area contributed by atoms with Crippen molar-refractivity contribution in [2.45, 2.75) is 13.0 Å². The van der Waals surface area contributed by atoms with Gasteiger partial charge in [-0.1, -0.05) is 12.6 Å². The third kappa shape index (κ3) is 2.73. The van der Waals surface area contributed by atoms with E-state index in [-0.39, 0.29) is 11.8 Å². The van der Waals surface area contributed by atoms with E-state index in [2.05, 4.69) is 11.6 Å². The monoisotopic (exact) mass is 204 g/mol. The molecule has 0 amide bonds. The maximum absolute atomic E-state index is 11.9.